The molecule has 1 N–H and O–H groups in total. The fourth-order valence-electron chi connectivity index (χ4n) is 2.76. The molecule has 2 saturated heterocycles. The molecule has 0 bridgehead atoms. The van der Waals surface area contributed by atoms with E-state index in [0.717, 1.165) is 0 Å². The minimum Gasteiger partial charge on any atom is -0.391 e. The molecule has 14 heavy (non-hydrogen) atoms. The quantitative estimate of drug-likeness (QED) is 0.763. The van der Waals surface area contributed by atoms with E-state index in [9.17, 15) is 5.11 Å². The number of thioether (sulfide) groups is 1. The lowest BCUT2D eigenvalue weighted by molar-refractivity contribution is 0.0253. The Morgan fingerprint density at radius 2 is 1.93 bits per heavy atom. The first-order valence-corrected chi connectivity index (χ1v) is 6.81. The van der Waals surface area contributed by atoms with Crippen molar-refractivity contribution in [2.75, 3.05) is 18.8 Å². The zero-order valence-corrected chi connectivity index (χ0v) is 9.85. The van der Waals surface area contributed by atoms with Gasteiger partial charge in [-0.15, -0.1) is 11.8 Å². The van der Waals surface area contributed by atoms with Crippen LogP contribution in [0.5, 0.6) is 0 Å². The summed E-state index contributed by atoms with van der Waals surface area (Å²) in [7, 11) is 0. The van der Waals surface area contributed by atoms with E-state index in [1.165, 1.54) is 50.9 Å². The Balaban J connectivity index is 2.08. The third-order valence-electron chi connectivity index (χ3n) is 3.58. The first kappa shape index (κ1) is 10.8. The van der Waals surface area contributed by atoms with Crippen LogP contribution in [-0.2, 0) is 0 Å². The van der Waals surface area contributed by atoms with Gasteiger partial charge in [0.1, 0.15) is 0 Å². The molecule has 2 aliphatic rings. The van der Waals surface area contributed by atoms with Crippen LogP contribution in [0.1, 0.15) is 39.0 Å². The molecule has 0 saturated carbocycles. The molecular formula is C11H21NOS. The molecular weight excluding hydrogens is 194 g/mol. The van der Waals surface area contributed by atoms with Gasteiger partial charge < -0.3 is 5.11 Å². The van der Waals surface area contributed by atoms with Crippen molar-refractivity contribution in [1.82, 2.24) is 4.90 Å². The Kier molecular flexibility index (Phi) is 3.40. The van der Waals surface area contributed by atoms with Crippen molar-refractivity contribution in [3.05, 3.63) is 0 Å². The van der Waals surface area contributed by atoms with Gasteiger partial charge in [-0.3, -0.25) is 4.90 Å². The lowest BCUT2D eigenvalue weighted by atomic mass is 10.0. The van der Waals surface area contributed by atoms with Gasteiger partial charge in [-0.2, -0.15) is 0 Å². The minimum absolute atomic E-state index is 0.0699. The van der Waals surface area contributed by atoms with Crippen molar-refractivity contribution >= 4 is 11.8 Å². The highest BCUT2D eigenvalue weighted by Crippen LogP contribution is 2.44. The summed E-state index contributed by atoms with van der Waals surface area (Å²) in [6.45, 7) is 4.35. The highest BCUT2D eigenvalue weighted by atomic mass is 32.2. The molecule has 2 rings (SSSR count). The Labute approximate surface area is 91.1 Å². The molecule has 2 fully saturated rings. The number of aliphatic hydroxyl groups is 1. The molecule has 2 nitrogen and oxygen atoms in total. The van der Waals surface area contributed by atoms with Crippen molar-refractivity contribution in [3.8, 4) is 0 Å². The largest absolute Gasteiger partial charge is 0.391 e. The zero-order chi connectivity index (χ0) is 10.0. The molecule has 82 valence electrons. The van der Waals surface area contributed by atoms with Crippen molar-refractivity contribution in [2.45, 2.75) is 50.0 Å². The lowest BCUT2D eigenvalue weighted by Crippen LogP contribution is -2.53. The van der Waals surface area contributed by atoms with Crippen LogP contribution in [0.2, 0.25) is 0 Å². The highest BCUT2D eigenvalue weighted by molar-refractivity contribution is 8.00. The molecule has 0 radical (unpaired) electrons. The number of nitrogens with zero attached hydrogens (tertiary/aromatic N) is 1. The van der Waals surface area contributed by atoms with Crippen molar-refractivity contribution < 1.29 is 5.11 Å². The van der Waals surface area contributed by atoms with Crippen LogP contribution in [0.25, 0.3) is 0 Å². The Morgan fingerprint density at radius 1 is 1.21 bits per heavy atom. The van der Waals surface area contributed by atoms with Crippen LogP contribution in [-0.4, -0.2) is 39.8 Å². The van der Waals surface area contributed by atoms with Gasteiger partial charge in [0.25, 0.3) is 0 Å². The molecule has 3 heteroatoms. The van der Waals surface area contributed by atoms with Crippen LogP contribution in [0, 0.1) is 0 Å². The molecule has 0 aromatic rings. The predicted molar refractivity (Wildman–Crippen MR) is 61.5 cm³/mol. The predicted octanol–water partition coefficient (Wildman–Crippen LogP) is 2.08. The van der Waals surface area contributed by atoms with Gasteiger partial charge in [-0.1, -0.05) is 6.42 Å². The van der Waals surface area contributed by atoms with Crippen LogP contribution < -0.4 is 0 Å². The fraction of sp³-hybridized carbons (Fsp3) is 1.00. The van der Waals surface area contributed by atoms with Crippen LogP contribution in [0.15, 0.2) is 0 Å². The first-order chi connectivity index (χ1) is 6.76. The number of hydrogen-bond donors (Lipinski definition) is 1. The summed E-state index contributed by atoms with van der Waals surface area (Å²) in [5.41, 5.74) is 0. The summed E-state index contributed by atoms with van der Waals surface area (Å²) in [5, 5.41) is 9.99. The standard InChI is InChI=1S/C11H21NOS/c1-10(13)11(6-5-9-14-11)12-7-3-2-4-8-12/h10,13H,2-9H2,1H3. The van der Waals surface area contributed by atoms with Crippen molar-refractivity contribution in [3.63, 3.8) is 0 Å². The van der Waals surface area contributed by atoms with Gasteiger partial charge >= 0.3 is 0 Å². The maximum atomic E-state index is 9.99. The molecule has 2 unspecified atom stereocenters. The van der Waals surface area contributed by atoms with Crippen LogP contribution >= 0.6 is 11.8 Å². The van der Waals surface area contributed by atoms with Crippen LogP contribution in [0.4, 0.5) is 0 Å². The molecule has 0 spiro atoms. The van der Waals surface area contributed by atoms with Gasteiger partial charge in [-0.25, -0.2) is 0 Å². The summed E-state index contributed by atoms with van der Waals surface area (Å²) in [4.78, 5) is 2.61. The summed E-state index contributed by atoms with van der Waals surface area (Å²) < 4.78 is 0. The summed E-state index contributed by atoms with van der Waals surface area (Å²) in [5.74, 6) is 1.22. The zero-order valence-electron chi connectivity index (χ0n) is 9.04. The fourth-order valence-corrected chi connectivity index (χ4v) is 4.30. The second kappa shape index (κ2) is 4.42. The molecule has 0 aliphatic carbocycles. The number of aliphatic hydroxyl groups excluding tert-OH is 1. The molecule has 0 aromatic carbocycles. The molecule has 2 heterocycles. The topological polar surface area (TPSA) is 23.5 Å². The molecule has 0 amide bonds. The van der Waals surface area contributed by atoms with E-state index >= 15 is 0 Å². The average Bonchev–Trinajstić information content (AvgIpc) is 2.69. The Morgan fingerprint density at radius 3 is 2.43 bits per heavy atom. The van der Waals surface area contributed by atoms with E-state index in [1.807, 2.05) is 18.7 Å². The molecule has 2 aliphatic heterocycles. The Hall–Kier alpha value is 0.270. The van der Waals surface area contributed by atoms with E-state index in [1.54, 1.807) is 0 Å². The number of piperidine rings is 1. The van der Waals surface area contributed by atoms with Gasteiger partial charge in [-0.05, 0) is 51.4 Å². The SMILES string of the molecule is CC(O)C1(N2CCCCC2)CCCS1. The maximum Gasteiger partial charge on any atom is 0.0929 e. The van der Waals surface area contributed by atoms with Crippen molar-refractivity contribution in [1.29, 1.82) is 0 Å². The van der Waals surface area contributed by atoms with E-state index in [0.29, 0.717) is 0 Å². The van der Waals surface area contributed by atoms with Gasteiger partial charge in [0, 0.05) is 0 Å². The van der Waals surface area contributed by atoms with Gasteiger partial charge in [0.2, 0.25) is 0 Å². The smallest absolute Gasteiger partial charge is 0.0929 e. The summed E-state index contributed by atoms with van der Waals surface area (Å²) in [6, 6.07) is 0. The summed E-state index contributed by atoms with van der Waals surface area (Å²) >= 11 is 1.98. The van der Waals surface area contributed by atoms with E-state index < -0.39 is 0 Å². The maximum absolute atomic E-state index is 9.99. The molecule has 2 atom stereocenters. The van der Waals surface area contributed by atoms with Gasteiger partial charge in [0.05, 0.1) is 11.0 Å². The second-order valence-electron chi connectivity index (χ2n) is 4.52. The number of hydrogen-bond acceptors (Lipinski definition) is 3. The van der Waals surface area contributed by atoms with Gasteiger partial charge in [0.15, 0.2) is 0 Å². The Bertz CT molecular complexity index is 184. The average molecular weight is 215 g/mol. The first-order valence-electron chi connectivity index (χ1n) is 5.83. The van der Waals surface area contributed by atoms with E-state index in [4.69, 9.17) is 0 Å². The lowest BCUT2D eigenvalue weighted by Gasteiger charge is -2.44. The van der Waals surface area contributed by atoms with Crippen LogP contribution in [0.3, 0.4) is 0 Å². The number of rotatable bonds is 2. The number of likely N-dealkylation sites (tertiary alicyclic amines) is 1. The monoisotopic (exact) mass is 215 g/mol. The summed E-state index contributed by atoms with van der Waals surface area (Å²) in [6.07, 6.45) is 6.26. The third kappa shape index (κ3) is 1.82. The minimum atomic E-state index is -0.187. The van der Waals surface area contributed by atoms with Crippen molar-refractivity contribution in [2.24, 2.45) is 0 Å². The molecule has 0 aromatic heterocycles. The third-order valence-corrected chi connectivity index (χ3v) is 5.37. The van der Waals surface area contributed by atoms with E-state index in [2.05, 4.69) is 4.90 Å². The highest BCUT2D eigenvalue weighted by Gasteiger charge is 2.44. The van der Waals surface area contributed by atoms with E-state index in [-0.39, 0.29) is 11.0 Å². The second-order valence-corrected chi connectivity index (χ2v) is 5.92. The normalized spacial score (nSPS) is 37.3.